The molecular weight excluding hydrogens is 713 g/mol. The van der Waals surface area contributed by atoms with E-state index < -0.39 is 10.1 Å². The summed E-state index contributed by atoms with van der Waals surface area (Å²) >= 11 is 0. The first-order valence-electron chi connectivity index (χ1n) is 18.0. The van der Waals surface area contributed by atoms with Gasteiger partial charge in [-0.1, -0.05) is 51.1 Å². The van der Waals surface area contributed by atoms with Crippen molar-refractivity contribution in [2.75, 3.05) is 49.4 Å². The zero-order chi connectivity index (χ0) is 38.0. The van der Waals surface area contributed by atoms with Crippen molar-refractivity contribution in [3.63, 3.8) is 0 Å². The number of carbonyl (C=O) groups is 1. The van der Waals surface area contributed by atoms with Crippen LogP contribution in [0.4, 0.5) is 16.6 Å². The lowest BCUT2D eigenvalue weighted by Gasteiger charge is -2.33. The van der Waals surface area contributed by atoms with E-state index in [-0.39, 0.29) is 42.8 Å². The maximum atomic E-state index is 13.7. The van der Waals surface area contributed by atoms with Crippen molar-refractivity contribution < 1.29 is 31.6 Å². The minimum absolute atomic E-state index is 0.0394. The number of amides is 2. The van der Waals surface area contributed by atoms with E-state index in [2.05, 4.69) is 59.5 Å². The van der Waals surface area contributed by atoms with E-state index in [1.165, 1.54) is 0 Å². The number of fused-ring (bicyclic) bond motifs is 2. The molecule has 4 heterocycles. The van der Waals surface area contributed by atoms with Crippen LogP contribution in [0.5, 0.6) is 11.5 Å². The Morgan fingerprint density at radius 3 is 2.57 bits per heavy atom. The van der Waals surface area contributed by atoms with Gasteiger partial charge in [0.05, 0.1) is 49.1 Å². The first-order chi connectivity index (χ1) is 25.8. The number of aromatic nitrogens is 5. The molecule has 54 heavy (non-hydrogen) atoms. The quantitative estimate of drug-likeness (QED) is 0.128. The van der Waals surface area contributed by atoms with E-state index >= 15 is 0 Å². The molecule has 16 heteroatoms. The Morgan fingerprint density at radius 2 is 1.80 bits per heavy atom. The van der Waals surface area contributed by atoms with Crippen LogP contribution in [-0.2, 0) is 24.5 Å². The molecule has 1 aliphatic carbocycles. The third-order valence-corrected chi connectivity index (χ3v) is 10.0. The van der Waals surface area contributed by atoms with E-state index in [1.54, 1.807) is 22.9 Å². The van der Waals surface area contributed by atoms with Crippen LogP contribution in [0.1, 0.15) is 69.5 Å². The van der Waals surface area contributed by atoms with Gasteiger partial charge in [-0.3, -0.25) is 13.9 Å². The van der Waals surface area contributed by atoms with Gasteiger partial charge in [-0.05, 0) is 55.2 Å². The highest BCUT2D eigenvalue weighted by atomic mass is 32.2. The van der Waals surface area contributed by atoms with E-state index in [0.717, 1.165) is 41.2 Å². The SMILES string of the molecule is C[C@H]1COCCN1c1nnc2ccc(O[C@@H]3CC[C@H](NC(=O)Nc4cc(C(C)(C)C)nn4-c4cccc(OCCOS(C)(=O)=O)c4)c4ccccc43)cn12. The third-order valence-electron chi connectivity index (χ3n) is 9.43. The van der Waals surface area contributed by atoms with Gasteiger partial charge in [-0.15, -0.1) is 10.2 Å². The van der Waals surface area contributed by atoms with Gasteiger partial charge in [-0.2, -0.15) is 13.5 Å². The number of carbonyl (C=O) groups excluding carboxylic acids is 1. The third kappa shape index (κ3) is 8.45. The molecule has 2 N–H and O–H groups in total. The van der Waals surface area contributed by atoms with Gasteiger partial charge in [0.25, 0.3) is 10.1 Å². The average Bonchev–Trinajstić information content (AvgIpc) is 3.76. The zero-order valence-corrected chi connectivity index (χ0v) is 31.9. The van der Waals surface area contributed by atoms with Gasteiger partial charge in [0.1, 0.15) is 36.6 Å². The number of nitrogens with one attached hydrogen (secondary N) is 2. The molecule has 2 aliphatic rings. The Kier molecular flexibility index (Phi) is 10.5. The van der Waals surface area contributed by atoms with Crippen LogP contribution >= 0.6 is 0 Å². The summed E-state index contributed by atoms with van der Waals surface area (Å²) in [4.78, 5) is 15.9. The Balaban J connectivity index is 1.06. The van der Waals surface area contributed by atoms with E-state index in [1.807, 2.05) is 53.1 Å². The maximum absolute atomic E-state index is 13.7. The van der Waals surface area contributed by atoms with Crippen molar-refractivity contribution in [2.45, 2.75) is 64.1 Å². The van der Waals surface area contributed by atoms with Crippen LogP contribution in [0.15, 0.2) is 72.9 Å². The number of hydrogen-bond acceptors (Lipinski definition) is 11. The minimum Gasteiger partial charge on any atom is -0.491 e. The summed E-state index contributed by atoms with van der Waals surface area (Å²) in [7, 11) is -3.57. The molecule has 0 unspecified atom stereocenters. The van der Waals surface area contributed by atoms with Crippen LogP contribution in [-0.4, -0.2) is 84.1 Å². The van der Waals surface area contributed by atoms with Crippen molar-refractivity contribution in [1.82, 2.24) is 29.7 Å². The van der Waals surface area contributed by atoms with Gasteiger partial charge in [0, 0.05) is 24.1 Å². The van der Waals surface area contributed by atoms with E-state index in [4.69, 9.17) is 23.5 Å². The van der Waals surface area contributed by atoms with Crippen molar-refractivity contribution in [3.8, 4) is 17.2 Å². The van der Waals surface area contributed by atoms with Crippen LogP contribution in [0.2, 0.25) is 0 Å². The number of anilines is 2. The lowest BCUT2D eigenvalue weighted by molar-refractivity contribution is 0.0980. The topological polar surface area (TPSA) is 163 Å². The average molecular weight is 759 g/mol. The molecule has 0 saturated carbocycles. The monoisotopic (exact) mass is 758 g/mol. The number of rotatable bonds is 11. The molecule has 3 atom stereocenters. The second kappa shape index (κ2) is 15.3. The van der Waals surface area contributed by atoms with Gasteiger partial charge < -0.3 is 24.4 Å². The molecule has 1 aliphatic heterocycles. The molecule has 1 fully saturated rings. The number of urea groups is 1. The van der Waals surface area contributed by atoms with Crippen LogP contribution < -0.4 is 25.0 Å². The Hall–Kier alpha value is -5.19. The highest BCUT2D eigenvalue weighted by Gasteiger charge is 2.31. The predicted molar refractivity (Wildman–Crippen MR) is 203 cm³/mol. The molecule has 2 aromatic carbocycles. The molecule has 0 spiro atoms. The fourth-order valence-electron chi connectivity index (χ4n) is 6.73. The molecule has 2 amide bonds. The van der Waals surface area contributed by atoms with E-state index in [9.17, 15) is 13.2 Å². The number of morpholine rings is 1. The zero-order valence-electron chi connectivity index (χ0n) is 31.1. The van der Waals surface area contributed by atoms with Gasteiger partial charge >= 0.3 is 6.03 Å². The minimum atomic E-state index is -3.57. The first-order valence-corrected chi connectivity index (χ1v) is 19.8. The number of hydrogen-bond donors (Lipinski definition) is 2. The Labute approximate surface area is 314 Å². The highest BCUT2D eigenvalue weighted by molar-refractivity contribution is 7.85. The van der Waals surface area contributed by atoms with Gasteiger partial charge in [0.2, 0.25) is 5.95 Å². The predicted octanol–water partition coefficient (Wildman–Crippen LogP) is 5.57. The Bertz CT molecular complexity index is 2230. The molecule has 0 radical (unpaired) electrons. The second-order valence-corrected chi connectivity index (χ2v) is 16.3. The summed E-state index contributed by atoms with van der Waals surface area (Å²) in [6.45, 7) is 10.2. The summed E-state index contributed by atoms with van der Waals surface area (Å²) in [6, 6.07) is 20.5. The van der Waals surface area contributed by atoms with Crippen molar-refractivity contribution in [1.29, 1.82) is 0 Å². The van der Waals surface area contributed by atoms with Gasteiger partial charge in [0.15, 0.2) is 5.65 Å². The molecule has 1 saturated heterocycles. The number of ether oxygens (including phenoxy) is 3. The summed E-state index contributed by atoms with van der Waals surface area (Å²) in [6.07, 6.45) is 4.06. The molecule has 5 aromatic rings. The molecule has 15 nitrogen and oxygen atoms in total. The normalized spacial score (nSPS) is 19.0. The number of benzene rings is 2. The maximum Gasteiger partial charge on any atom is 0.320 e. The second-order valence-electron chi connectivity index (χ2n) is 14.6. The van der Waals surface area contributed by atoms with Crippen molar-refractivity contribution in [2.24, 2.45) is 0 Å². The smallest absolute Gasteiger partial charge is 0.320 e. The summed E-state index contributed by atoms with van der Waals surface area (Å²) in [5, 5.41) is 19.9. The van der Waals surface area contributed by atoms with E-state index in [0.29, 0.717) is 49.1 Å². The fourth-order valence-corrected chi connectivity index (χ4v) is 7.10. The first kappa shape index (κ1) is 37.1. The largest absolute Gasteiger partial charge is 0.491 e. The highest BCUT2D eigenvalue weighted by Crippen LogP contribution is 2.39. The summed E-state index contributed by atoms with van der Waals surface area (Å²) < 4.78 is 49.0. The van der Waals surface area contributed by atoms with Crippen molar-refractivity contribution >= 4 is 33.6 Å². The summed E-state index contributed by atoms with van der Waals surface area (Å²) in [5.41, 5.74) is 3.88. The molecule has 3 aromatic heterocycles. The Morgan fingerprint density at radius 1 is 0.981 bits per heavy atom. The lowest BCUT2D eigenvalue weighted by atomic mass is 9.85. The van der Waals surface area contributed by atoms with Gasteiger partial charge in [-0.25, -0.2) is 9.48 Å². The molecule has 7 rings (SSSR count). The molecule has 286 valence electrons. The van der Waals surface area contributed by atoms with Crippen LogP contribution in [0, 0.1) is 0 Å². The summed E-state index contributed by atoms with van der Waals surface area (Å²) in [5.74, 6) is 2.44. The molecular formula is C38H46N8O7S. The standard InChI is InChI=1S/C38H46N8O7S/c1-25-24-50-18-17-44(25)37-42-41-34-16-13-28(23-45(34)37)53-32-15-14-31(29-11-6-7-12-30(29)32)39-36(47)40-35-22-33(38(2,3)4)43-46(35)26-9-8-10-27(21-26)51-19-20-52-54(5,48)49/h6-13,16,21-23,25,31-32H,14-15,17-20,24H2,1-5H3,(H2,39,40,47)/t25-,31-,32+/m0/s1. The number of pyridine rings is 1. The van der Waals surface area contributed by atoms with Crippen LogP contribution in [0.3, 0.4) is 0 Å². The lowest BCUT2D eigenvalue weighted by Crippen LogP contribution is -2.44. The van der Waals surface area contributed by atoms with Crippen molar-refractivity contribution in [3.05, 3.63) is 89.7 Å². The van der Waals surface area contributed by atoms with Crippen LogP contribution in [0.25, 0.3) is 11.3 Å². The number of nitrogens with zero attached hydrogens (tertiary/aromatic N) is 6. The molecule has 0 bridgehead atoms. The fraction of sp³-hybridized carbons (Fsp3) is 0.421.